The summed E-state index contributed by atoms with van der Waals surface area (Å²) in [5, 5.41) is 4.55. The fraction of sp³-hybridized carbons (Fsp3) is 0.684. The predicted molar refractivity (Wildman–Crippen MR) is 87.0 cm³/mol. The fourth-order valence-electron chi connectivity index (χ4n) is 4.89. The Hall–Kier alpha value is -1.38. The number of nitrogens with zero attached hydrogens (tertiary/aromatic N) is 2. The van der Waals surface area contributed by atoms with Gasteiger partial charge in [-0.05, 0) is 49.4 Å². The van der Waals surface area contributed by atoms with Gasteiger partial charge >= 0.3 is 0 Å². The lowest BCUT2D eigenvalue weighted by molar-refractivity contribution is 0.0949. The maximum Gasteiger partial charge on any atom is 0.270 e. The van der Waals surface area contributed by atoms with Crippen LogP contribution in [0.4, 0.5) is 0 Å². The van der Waals surface area contributed by atoms with E-state index in [4.69, 9.17) is 0 Å². The van der Waals surface area contributed by atoms with Crippen LogP contribution < -0.4 is 0 Å². The van der Waals surface area contributed by atoms with E-state index in [1.165, 1.54) is 43.4 Å². The third-order valence-corrected chi connectivity index (χ3v) is 6.35. The highest BCUT2D eigenvalue weighted by atomic mass is 16.2. The molecular weight excluding hydrogens is 272 g/mol. The second-order valence-electron chi connectivity index (χ2n) is 8.06. The van der Waals surface area contributed by atoms with Crippen molar-refractivity contribution in [2.24, 2.45) is 17.3 Å². The van der Waals surface area contributed by atoms with Gasteiger partial charge in [0.05, 0.1) is 11.4 Å². The van der Waals surface area contributed by atoms with Gasteiger partial charge in [-0.25, -0.2) is 4.68 Å². The standard InChI is InChI=1S/C19H26N2O/c1-12-17-15(11-14-18(17)19(14,2)3)21(20-12)16(22)10-9-13-7-5-4-6-8-13/h9-10,13-14,18H,4-8,11H2,1-3H3/b10-9+/t14-,18-/m1/s1. The summed E-state index contributed by atoms with van der Waals surface area (Å²) < 4.78 is 1.69. The zero-order valence-electron chi connectivity index (χ0n) is 13.9. The summed E-state index contributed by atoms with van der Waals surface area (Å²) in [6, 6.07) is 0. The summed E-state index contributed by atoms with van der Waals surface area (Å²) in [5.41, 5.74) is 4.03. The Morgan fingerprint density at radius 3 is 2.73 bits per heavy atom. The molecule has 0 bridgehead atoms. The topological polar surface area (TPSA) is 34.9 Å². The van der Waals surface area contributed by atoms with Crippen LogP contribution in [0.25, 0.3) is 0 Å². The van der Waals surface area contributed by atoms with Crippen LogP contribution >= 0.6 is 0 Å². The molecule has 0 unspecified atom stereocenters. The Bertz CT molecular complexity index is 647. The van der Waals surface area contributed by atoms with Gasteiger partial charge in [0, 0.05) is 11.6 Å². The number of allylic oxidation sites excluding steroid dienone is 2. The van der Waals surface area contributed by atoms with Gasteiger partial charge in [-0.15, -0.1) is 0 Å². The van der Waals surface area contributed by atoms with Gasteiger partial charge < -0.3 is 0 Å². The lowest BCUT2D eigenvalue weighted by Gasteiger charge is -2.17. The Kier molecular flexibility index (Phi) is 3.11. The van der Waals surface area contributed by atoms with Crippen LogP contribution in [0.2, 0.25) is 0 Å². The largest absolute Gasteiger partial charge is 0.270 e. The molecule has 22 heavy (non-hydrogen) atoms. The van der Waals surface area contributed by atoms with Crippen LogP contribution in [0.1, 0.15) is 73.6 Å². The number of aromatic nitrogens is 2. The lowest BCUT2D eigenvalue weighted by atomic mass is 9.89. The third-order valence-electron chi connectivity index (χ3n) is 6.35. The molecule has 0 N–H and O–H groups in total. The first-order valence-electron chi connectivity index (χ1n) is 8.81. The van der Waals surface area contributed by atoms with E-state index in [-0.39, 0.29) is 5.91 Å². The Morgan fingerprint density at radius 2 is 2.00 bits per heavy atom. The first-order chi connectivity index (χ1) is 10.5. The average molecular weight is 298 g/mol. The molecule has 2 saturated carbocycles. The van der Waals surface area contributed by atoms with Crippen molar-refractivity contribution in [3.05, 3.63) is 29.1 Å². The van der Waals surface area contributed by atoms with E-state index in [2.05, 4.69) is 31.9 Å². The molecular formula is C19H26N2O. The quantitative estimate of drug-likeness (QED) is 0.764. The van der Waals surface area contributed by atoms with Crippen molar-refractivity contribution in [2.75, 3.05) is 0 Å². The molecule has 2 fully saturated rings. The maximum atomic E-state index is 12.6. The molecule has 118 valence electrons. The van der Waals surface area contributed by atoms with Crippen molar-refractivity contribution in [1.29, 1.82) is 0 Å². The highest BCUT2D eigenvalue weighted by Gasteiger charge is 2.63. The second-order valence-corrected chi connectivity index (χ2v) is 8.06. The molecule has 0 saturated heterocycles. The summed E-state index contributed by atoms with van der Waals surface area (Å²) in [7, 11) is 0. The van der Waals surface area contributed by atoms with Crippen molar-refractivity contribution >= 4 is 5.91 Å². The number of hydrogen-bond acceptors (Lipinski definition) is 2. The molecule has 0 aromatic carbocycles. The van der Waals surface area contributed by atoms with E-state index in [1.54, 1.807) is 10.8 Å². The molecule has 1 aromatic heterocycles. The summed E-state index contributed by atoms with van der Waals surface area (Å²) in [4.78, 5) is 12.6. The number of hydrogen-bond donors (Lipinski definition) is 0. The minimum absolute atomic E-state index is 0.0500. The molecule has 3 heteroatoms. The number of fused-ring (bicyclic) bond motifs is 3. The average Bonchev–Trinajstić information content (AvgIpc) is 2.86. The molecule has 0 spiro atoms. The van der Waals surface area contributed by atoms with E-state index < -0.39 is 0 Å². The normalized spacial score (nSPS) is 29.6. The molecule has 3 aliphatic rings. The zero-order chi connectivity index (χ0) is 15.5. The van der Waals surface area contributed by atoms with Gasteiger partial charge in [0.25, 0.3) is 5.91 Å². The molecule has 0 amide bonds. The first-order valence-corrected chi connectivity index (χ1v) is 8.81. The monoisotopic (exact) mass is 298 g/mol. The van der Waals surface area contributed by atoms with Crippen molar-refractivity contribution in [3.8, 4) is 0 Å². The van der Waals surface area contributed by atoms with Crippen LogP contribution in [-0.2, 0) is 6.42 Å². The molecule has 4 rings (SSSR count). The summed E-state index contributed by atoms with van der Waals surface area (Å²) in [5.74, 6) is 2.00. The smallest absolute Gasteiger partial charge is 0.267 e. The molecule has 3 aliphatic carbocycles. The Balaban J connectivity index is 1.54. The van der Waals surface area contributed by atoms with E-state index in [0.29, 0.717) is 17.3 Å². The van der Waals surface area contributed by atoms with Crippen molar-refractivity contribution in [2.45, 2.75) is 65.2 Å². The van der Waals surface area contributed by atoms with E-state index in [0.717, 1.165) is 18.0 Å². The molecule has 1 aromatic rings. The van der Waals surface area contributed by atoms with Crippen molar-refractivity contribution < 1.29 is 4.79 Å². The van der Waals surface area contributed by atoms with Crippen LogP contribution in [0, 0.1) is 24.2 Å². The van der Waals surface area contributed by atoms with E-state index in [1.807, 2.05) is 0 Å². The summed E-state index contributed by atoms with van der Waals surface area (Å²) in [6.07, 6.45) is 11.4. The van der Waals surface area contributed by atoms with Crippen LogP contribution in [0.5, 0.6) is 0 Å². The Morgan fingerprint density at radius 1 is 1.27 bits per heavy atom. The van der Waals surface area contributed by atoms with Crippen LogP contribution in [-0.4, -0.2) is 15.7 Å². The minimum Gasteiger partial charge on any atom is -0.267 e. The number of carbonyl (C=O) groups is 1. The maximum absolute atomic E-state index is 12.6. The zero-order valence-corrected chi connectivity index (χ0v) is 13.9. The Labute approximate surface area is 132 Å². The van der Waals surface area contributed by atoms with Crippen molar-refractivity contribution in [1.82, 2.24) is 9.78 Å². The van der Waals surface area contributed by atoms with Crippen LogP contribution in [0.3, 0.4) is 0 Å². The third kappa shape index (κ3) is 2.01. The first kappa shape index (κ1) is 14.2. The van der Waals surface area contributed by atoms with Gasteiger partial charge in [0.1, 0.15) is 0 Å². The van der Waals surface area contributed by atoms with Gasteiger partial charge in [-0.3, -0.25) is 4.79 Å². The fourth-order valence-corrected chi connectivity index (χ4v) is 4.89. The lowest BCUT2D eigenvalue weighted by Crippen LogP contribution is -2.15. The SMILES string of the molecule is Cc1nn(C(=O)/C=C/C2CCCCC2)c2c1[C@H]1[C@@H](C2)C1(C)C. The summed E-state index contributed by atoms with van der Waals surface area (Å²) >= 11 is 0. The van der Waals surface area contributed by atoms with Gasteiger partial charge in [0.15, 0.2) is 0 Å². The van der Waals surface area contributed by atoms with E-state index >= 15 is 0 Å². The molecule has 1 heterocycles. The number of carbonyl (C=O) groups excluding carboxylic acids is 1. The van der Waals surface area contributed by atoms with Crippen LogP contribution in [0.15, 0.2) is 12.2 Å². The van der Waals surface area contributed by atoms with Gasteiger partial charge in [-0.1, -0.05) is 39.2 Å². The highest BCUT2D eigenvalue weighted by Crippen LogP contribution is 2.70. The molecule has 0 radical (unpaired) electrons. The minimum atomic E-state index is 0.0500. The second kappa shape index (κ2) is 4.81. The number of aryl methyl sites for hydroxylation is 1. The van der Waals surface area contributed by atoms with E-state index in [9.17, 15) is 4.79 Å². The molecule has 2 atom stereocenters. The number of rotatable bonds is 2. The molecule has 3 nitrogen and oxygen atoms in total. The molecule has 0 aliphatic heterocycles. The summed E-state index contributed by atoms with van der Waals surface area (Å²) in [6.45, 7) is 6.74. The predicted octanol–water partition coefficient (Wildman–Crippen LogP) is 4.26. The van der Waals surface area contributed by atoms with Gasteiger partial charge in [0.2, 0.25) is 0 Å². The highest BCUT2D eigenvalue weighted by molar-refractivity contribution is 5.90. The van der Waals surface area contributed by atoms with Crippen molar-refractivity contribution in [3.63, 3.8) is 0 Å². The van der Waals surface area contributed by atoms with Gasteiger partial charge in [-0.2, -0.15) is 5.10 Å².